The van der Waals surface area contributed by atoms with E-state index >= 15 is 0 Å². The molecule has 0 radical (unpaired) electrons. The van der Waals surface area contributed by atoms with Gasteiger partial charge in [-0.2, -0.15) is 0 Å². The van der Waals surface area contributed by atoms with Crippen LogP contribution in [0.15, 0.2) is 60.7 Å². The van der Waals surface area contributed by atoms with Gasteiger partial charge in [0.1, 0.15) is 0 Å². The lowest BCUT2D eigenvalue weighted by atomic mass is 10.1. The number of aliphatic carboxylic acids is 1. The van der Waals surface area contributed by atoms with E-state index in [4.69, 9.17) is 0 Å². The molecule has 0 spiro atoms. The lowest BCUT2D eigenvalue weighted by molar-refractivity contribution is -0.144. The van der Waals surface area contributed by atoms with E-state index in [1.807, 2.05) is 0 Å². The molecule has 6 heteroatoms. The van der Waals surface area contributed by atoms with Crippen molar-refractivity contribution in [2.75, 3.05) is 0 Å². The Balaban J connectivity index is 2.18. The van der Waals surface area contributed by atoms with E-state index in [1.54, 1.807) is 60.7 Å². The monoisotopic (exact) mass is 312 g/mol. The van der Waals surface area contributed by atoms with Gasteiger partial charge in [0, 0.05) is 11.1 Å². The van der Waals surface area contributed by atoms with Crippen molar-refractivity contribution >= 4 is 17.8 Å². The minimum Gasteiger partial charge on any atom is -0.478 e. The van der Waals surface area contributed by atoms with Gasteiger partial charge in [-0.05, 0) is 31.2 Å². The molecule has 0 unspecified atom stereocenters. The lowest BCUT2D eigenvalue weighted by Crippen LogP contribution is -2.63. The van der Waals surface area contributed by atoms with Crippen molar-refractivity contribution in [1.29, 1.82) is 0 Å². The molecule has 0 aromatic heterocycles. The topological polar surface area (TPSA) is 95.5 Å². The summed E-state index contributed by atoms with van der Waals surface area (Å²) in [6, 6.07) is 16.3. The summed E-state index contributed by atoms with van der Waals surface area (Å²) in [6.07, 6.45) is 0. The van der Waals surface area contributed by atoms with Crippen LogP contribution in [0, 0.1) is 0 Å². The maximum Gasteiger partial charge on any atom is 0.350 e. The van der Waals surface area contributed by atoms with Crippen LogP contribution >= 0.6 is 0 Å². The number of rotatable bonds is 5. The smallest absolute Gasteiger partial charge is 0.350 e. The van der Waals surface area contributed by atoms with Crippen LogP contribution in [-0.2, 0) is 4.79 Å². The van der Waals surface area contributed by atoms with Gasteiger partial charge < -0.3 is 15.7 Å². The Bertz CT molecular complexity index is 660. The summed E-state index contributed by atoms with van der Waals surface area (Å²) in [5.41, 5.74) is -1.33. The first-order valence-electron chi connectivity index (χ1n) is 6.91. The highest BCUT2D eigenvalue weighted by atomic mass is 16.4. The van der Waals surface area contributed by atoms with Gasteiger partial charge in [0.05, 0.1) is 0 Å². The minimum atomic E-state index is -1.93. The standard InChI is InChI=1S/C17H16N2O4/c1-17(16(22)23,18-14(20)12-8-4-2-5-9-12)19-15(21)13-10-6-3-7-11-13/h2-11H,1H3,(H,18,20)(H,19,21)(H,22,23). The van der Waals surface area contributed by atoms with Gasteiger partial charge in [-0.3, -0.25) is 9.59 Å². The molecule has 0 saturated carbocycles. The van der Waals surface area contributed by atoms with E-state index in [-0.39, 0.29) is 0 Å². The number of benzene rings is 2. The largest absolute Gasteiger partial charge is 0.478 e. The number of carboxylic acids is 1. The van der Waals surface area contributed by atoms with Crippen LogP contribution in [0.25, 0.3) is 0 Å². The van der Waals surface area contributed by atoms with Crippen molar-refractivity contribution in [3.8, 4) is 0 Å². The molecule has 2 aromatic rings. The van der Waals surface area contributed by atoms with Crippen LogP contribution in [0.1, 0.15) is 27.6 Å². The summed E-state index contributed by atoms with van der Waals surface area (Å²) in [6.45, 7) is 1.22. The highest BCUT2D eigenvalue weighted by Crippen LogP contribution is 2.07. The molecule has 0 bridgehead atoms. The third-order valence-corrected chi connectivity index (χ3v) is 3.23. The van der Waals surface area contributed by atoms with Crippen LogP contribution in [0.2, 0.25) is 0 Å². The van der Waals surface area contributed by atoms with E-state index in [0.717, 1.165) is 0 Å². The van der Waals surface area contributed by atoms with Gasteiger partial charge >= 0.3 is 5.97 Å². The molecule has 0 aliphatic rings. The van der Waals surface area contributed by atoms with Crippen LogP contribution < -0.4 is 10.6 Å². The van der Waals surface area contributed by atoms with Crippen molar-refractivity contribution in [2.45, 2.75) is 12.6 Å². The van der Waals surface area contributed by atoms with Crippen LogP contribution in [0.4, 0.5) is 0 Å². The summed E-state index contributed by atoms with van der Waals surface area (Å²) >= 11 is 0. The summed E-state index contributed by atoms with van der Waals surface area (Å²) in [5.74, 6) is -2.56. The third kappa shape index (κ3) is 3.94. The van der Waals surface area contributed by atoms with E-state index in [1.165, 1.54) is 6.92 Å². The van der Waals surface area contributed by atoms with Gasteiger partial charge in [-0.15, -0.1) is 0 Å². The van der Waals surface area contributed by atoms with Crippen molar-refractivity contribution in [3.05, 3.63) is 71.8 Å². The molecule has 2 aromatic carbocycles. The molecule has 0 aliphatic heterocycles. The molecule has 3 N–H and O–H groups in total. The number of carbonyl (C=O) groups is 3. The second kappa shape index (κ2) is 6.74. The Hall–Kier alpha value is -3.15. The fraction of sp³-hybridized carbons (Fsp3) is 0.118. The van der Waals surface area contributed by atoms with E-state index in [9.17, 15) is 19.5 Å². The first-order chi connectivity index (χ1) is 10.9. The molecule has 23 heavy (non-hydrogen) atoms. The molecule has 0 aliphatic carbocycles. The zero-order chi connectivity index (χ0) is 16.9. The molecule has 0 atom stereocenters. The molecule has 0 heterocycles. The van der Waals surface area contributed by atoms with Crippen molar-refractivity contribution in [3.63, 3.8) is 0 Å². The fourth-order valence-corrected chi connectivity index (χ4v) is 1.92. The minimum absolute atomic E-state index is 0.300. The van der Waals surface area contributed by atoms with Crippen molar-refractivity contribution < 1.29 is 19.5 Å². The molecular weight excluding hydrogens is 296 g/mol. The van der Waals surface area contributed by atoms with Gasteiger partial charge in [0.15, 0.2) is 0 Å². The molecular formula is C17H16N2O4. The summed E-state index contributed by atoms with van der Waals surface area (Å²) < 4.78 is 0. The first-order valence-corrected chi connectivity index (χ1v) is 6.91. The number of carbonyl (C=O) groups excluding carboxylic acids is 2. The van der Waals surface area contributed by atoms with Gasteiger partial charge in [-0.1, -0.05) is 36.4 Å². The number of amides is 2. The number of nitrogens with one attached hydrogen (secondary N) is 2. The Morgan fingerprint density at radius 3 is 1.43 bits per heavy atom. The summed E-state index contributed by atoms with van der Waals surface area (Å²) in [4.78, 5) is 35.8. The van der Waals surface area contributed by atoms with Crippen molar-refractivity contribution in [2.24, 2.45) is 0 Å². The lowest BCUT2D eigenvalue weighted by Gasteiger charge is -2.27. The maximum atomic E-state index is 12.2. The predicted molar refractivity (Wildman–Crippen MR) is 83.9 cm³/mol. The highest BCUT2D eigenvalue weighted by Gasteiger charge is 2.37. The molecule has 0 fully saturated rings. The molecule has 118 valence electrons. The summed E-state index contributed by atoms with van der Waals surface area (Å²) in [5, 5.41) is 14.1. The second-order valence-electron chi connectivity index (χ2n) is 5.07. The number of carboxylic acid groups (broad SMARTS) is 1. The number of hydrogen-bond donors (Lipinski definition) is 3. The number of hydrogen-bond acceptors (Lipinski definition) is 3. The normalized spacial score (nSPS) is 10.7. The predicted octanol–water partition coefficient (Wildman–Crippen LogP) is 1.65. The average molecular weight is 312 g/mol. The van der Waals surface area contributed by atoms with Crippen molar-refractivity contribution in [1.82, 2.24) is 10.6 Å². The van der Waals surface area contributed by atoms with E-state index in [0.29, 0.717) is 11.1 Å². The molecule has 2 amide bonds. The van der Waals surface area contributed by atoms with Crippen LogP contribution in [-0.4, -0.2) is 28.6 Å². The Labute approximate surface area is 133 Å². The highest BCUT2D eigenvalue weighted by molar-refractivity contribution is 6.01. The second-order valence-corrected chi connectivity index (χ2v) is 5.07. The fourth-order valence-electron chi connectivity index (χ4n) is 1.92. The Kier molecular flexibility index (Phi) is 4.75. The van der Waals surface area contributed by atoms with Gasteiger partial charge in [0.25, 0.3) is 11.8 Å². The van der Waals surface area contributed by atoms with Crippen LogP contribution in [0.5, 0.6) is 0 Å². The quantitative estimate of drug-likeness (QED) is 0.731. The van der Waals surface area contributed by atoms with E-state index < -0.39 is 23.4 Å². The van der Waals surface area contributed by atoms with Gasteiger partial charge in [-0.25, -0.2) is 4.79 Å². The van der Waals surface area contributed by atoms with E-state index in [2.05, 4.69) is 10.6 Å². The van der Waals surface area contributed by atoms with Crippen LogP contribution in [0.3, 0.4) is 0 Å². The zero-order valence-corrected chi connectivity index (χ0v) is 12.4. The Morgan fingerprint density at radius 2 is 1.13 bits per heavy atom. The SMILES string of the molecule is CC(NC(=O)c1ccccc1)(NC(=O)c1ccccc1)C(=O)O. The zero-order valence-electron chi connectivity index (χ0n) is 12.4. The molecule has 2 rings (SSSR count). The maximum absolute atomic E-state index is 12.2. The average Bonchev–Trinajstić information content (AvgIpc) is 2.56. The third-order valence-electron chi connectivity index (χ3n) is 3.23. The summed E-state index contributed by atoms with van der Waals surface area (Å²) in [7, 11) is 0. The Morgan fingerprint density at radius 1 is 0.783 bits per heavy atom. The van der Waals surface area contributed by atoms with Gasteiger partial charge in [0.2, 0.25) is 5.66 Å². The molecule has 0 saturated heterocycles. The molecule has 6 nitrogen and oxygen atoms in total. The first kappa shape index (κ1) is 16.2.